The highest BCUT2D eigenvalue weighted by molar-refractivity contribution is 14.0. The molecule has 1 saturated heterocycles. The van der Waals surface area contributed by atoms with Gasteiger partial charge < -0.3 is 16.0 Å². The van der Waals surface area contributed by atoms with Crippen LogP contribution in [0.1, 0.15) is 51.7 Å². The molecule has 1 aromatic carbocycles. The molecule has 1 atom stereocenters. The molecule has 1 unspecified atom stereocenters. The van der Waals surface area contributed by atoms with Gasteiger partial charge in [-0.3, -0.25) is 14.7 Å². The fourth-order valence-electron chi connectivity index (χ4n) is 3.48. The summed E-state index contributed by atoms with van der Waals surface area (Å²) in [5.41, 5.74) is 2.32. The number of piperidine rings is 1. The fraction of sp³-hybridized carbons (Fsp3) is 0.636. The lowest BCUT2D eigenvalue weighted by molar-refractivity contribution is -0.121. The molecule has 164 valence electrons. The van der Waals surface area contributed by atoms with Gasteiger partial charge in [-0.1, -0.05) is 31.2 Å². The van der Waals surface area contributed by atoms with Gasteiger partial charge in [0.25, 0.3) is 0 Å². The number of hydrogen-bond donors (Lipinski definition) is 3. The summed E-state index contributed by atoms with van der Waals surface area (Å²) in [7, 11) is 1.71. The Kier molecular flexibility index (Phi) is 11.0. The highest BCUT2D eigenvalue weighted by Crippen LogP contribution is 2.18. The van der Waals surface area contributed by atoms with Gasteiger partial charge >= 0.3 is 0 Å². The number of benzene rings is 1. The minimum atomic E-state index is -0.232. The molecule has 1 aliphatic heterocycles. The van der Waals surface area contributed by atoms with E-state index in [1.807, 2.05) is 20.8 Å². The molecule has 0 radical (unpaired) electrons. The van der Waals surface area contributed by atoms with Gasteiger partial charge in [-0.05, 0) is 57.2 Å². The first kappa shape index (κ1) is 25.7. The maximum Gasteiger partial charge on any atom is 0.239 e. The lowest BCUT2D eigenvalue weighted by Crippen LogP contribution is -2.48. The zero-order valence-corrected chi connectivity index (χ0v) is 20.9. The number of guanidine groups is 1. The molecule has 7 heteroatoms. The first-order valence-corrected chi connectivity index (χ1v) is 10.3. The van der Waals surface area contributed by atoms with E-state index in [4.69, 9.17) is 0 Å². The molecule has 29 heavy (non-hydrogen) atoms. The van der Waals surface area contributed by atoms with Crippen LogP contribution in [0, 0.1) is 5.92 Å². The monoisotopic (exact) mass is 515 g/mol. The lowest BCUT2D eigenvalue weighted by atomic mass is 9.99. The smallest absolute Gasteiger partial charge is 0.239 e. The molecule has 0 aliphatic carbocycles. The number of nitrogens with one attached hydrogen (secondary N) is 3. The van der Waals surface area contributed by atoms with Crippen LogP contribution in [-0.2, 0) is 17.9 Å². The van der Waals surface area contributed by atoms with Gasteiger partial charge in [-0.15, -0.1) is 24.0 Å². The van der Waals surface area contributed by atoms with Gasteiger partial charge in [0, 0.05) is 32.2 Å². The SMILES string of the molecule is CN=C(NCC(=O)NC(C)(C)C)NCc1ccc(CN2CCCC(C)C2)cc1.I. The second-order valence-corrected chi connectivity index (χ2v) is 8.88. The number of rotatable bonds is 6. The Morgan fingerprint density at radius 2 is 1.83 bits per heavy atom. The Balaban J connectivity index is 0.00000420. The zero-order chi connectivity index (χ0) is 20.6. The van der Waals surface area contributed by atoms with Crippen LogP contribution >= 0.6 is 24.0 Å². The molecule has 6 nitrogen and oxygen atoms in total. The number of carbonyl (C=O) groups is 1. The van der Waals surface area contributed by atoms with Gasteiger partial charge in [0.2, 0.25) is 5.91 Å². The number of nitrogens with zero attached hydrogens (tertiary/aromatic N) is 2. The van der Waals surface area contributed by atoms with Crippen LogP contribution in [0.2, 0.25) is 0 Å². The van der Waals surface area contributed by atoms with E-state index in [0.717, 1.165) is 12.5 Å². The Bertz CT molecular complexity index is 654. The maximum atomic E-state index is 11.9. The molecule has 1 aliphatic rings. The van der Waals surface area contributed by atoms with E-state index in [0.29, 0.717) is 12.5 Å². The summed E-state index contributed by atoms with van der Waals surface area (Å²) < 4.78 is 0. The van der Waals surface area contributed by atoms with Gasteiger partial charge in [0.15, 0.2) is 5.96 Å². The normalized spacial score (nSPS) is 18.0. The Morgan fingerprint density at radius 3 is 2.41 bits per heavy atom. The minimum Gasteiger partial charge on any atom is -0.352 e. The second-order valence-electron chi connectivity index (χ2n) is 8.88. The van der Waals surface area contributed by atoms with Crippen LogP contribution in [0.4, 0.5) is 0 Å². The standard InChI is InChI=1S/C22H37N5O.HI/c1-17-7-6-12-27(15-17)16-19-10-8-18(9-11-19)13-24-21(23-5)25-14-20(28)26-22(2,3)4;/h8-11,17H,6-7,12-16H2,1-5H3,(H,26,28)(H2,23,24,25);1H. The molecule has 1 fully saturated rings. The van der Waals surface area contributed by atoms with E-state index in [1.54, 1.807) is 7.05 Å². The molecular weight excluding hydrogens is 477 g/mol. The van der Waals surface area contributed by atoms with Crippen molar-refractivity contribution in [3.63, 3.8) is 0 Å². The van der Waals surface area contributed by atoms with Crippen molar-refractivity contribution in [1.82, 2.24) is 20.9 Å². The van der Waals surface area contributed by atoms with Crippen molar-refractivity contribution in [3.05, 3.63) is 35.4 Å². The third kappa shape index (κ3) is 10.3. The van der Waals surface area contributed by atoms with E-state index in [9.17, 15) is 4.79 Å². The predicted octanol–water partition coefficient (Wildman–Crippen LogP) is 3.12. The Labute approximate surface area is 193 Å². The molecule has 0 saturated carbocycles. The summed E-state index contributed by atoms with van der Waals surface area (Å²) in [4.78, 5) is 18.6. The molecule has 0 aromatic heterocycles. The van der Waals surface area contributed by atoms with Crippen molar-refractivity contribution in [2.45, 2.75) is 59.2 Å². The number of amides is 1. The second kappa shape index (κ2) is 12.4. The predicted molar refractivity (Wildman–Crippen MR) is 132 cm³/mol. The summed E-state index contributed by atoms with van der Waals surface area (Å²) >= 11 is 0. The summed E-state index contributed by atoms with van der Waals surface area (Å²) in [5, 5.41) is 9.24. The zero-order valence-electron chi connectivity index (χ0n) is 18.5. The number of likely N-dealkylation sites (tertiary alicyclic amines) is 1. The van der Waals surface area contributed by atoms with E-state index in [2.05, 4.69) is 57.0 Å². The summed E-state index contributed by atoms with van der Waals surface area (Å²) in [6.07, 6.45) is 2.66. The molecule has 3 N–H and O–H groups in total. The van der Waals surface area contributed by atoms with Crippen molar-refractivity contribution in [1.29, 1.82) is 0 Å². The van der Waals surface area contributed by atoms with Crippen LogP contribution in [0.5, 0.6) is 0 Å². The molecule has 1 amide bonds. The van der Waals surface area contributed by atoms with Crippen molar-refractivity contribution in [2.24, 2.45) is 10.9 Å². The highest BCUT2D eigenvalue weighted by atomic mass is 127. The quantitative estimate of drug-likeness (QED) is 0.310. The fourth-order valence-corrected chi connectivity index (χ4v) is 3.48. The van der Waals surface area contributed by atoms with Crippen molar-refractivity contribution < 1.29 is 4.79 Å². The van der Waals surface area contributed by atoms with Gasteiger partial charge in [0.05, 0.1) is 6.54 Å². The van der Waals surface area contributed by atoms with Crippen LogP contribution in [-0.4, -0.2) is 49.0 Å². The molecule has 0 bridgehead atoms. The molecular formula is C22H38IN5O. The first-order valence-electron chi connectivity index (χ1n) is 10.3. The number of carbonyl (C=O) groups excluding carboxylic acids is 1. The molecule has 1 heterocycles. The minimum absolute atomic E-state index is 0. The highest BCUT2D eigenvalue weighted by Gasteiger charge is 2.16. The van der Waals surface area contributed by atoms with Crippen molar-refractivity contribution in [2.75, 3.05) is 26.7 Å². The summed E-state index contributed by atoms with van der Waals surface area (Å²) in [5.74, 6) is 1.38. The first-order chi connectivity index (χ1) is 13.2. The van der Waals surface area contributed by atoms with Crippen LogP contribution < -0.4 is 16.0 Å². The summed E-state index contributed by atoms with van der Waals surface area (Å²) in [6.45, 7) is 12.5. The molecule has 2 rings (SSSR count). The third-order valence-corrected chi connectivity index (χ3v) is 4.78. The summed E-state index contributed by atoms with van der Waals surface area (Å²) in [6, 6.07) is 8.75. The number of halogens is 1. The van der Waals surface area contributed by atoms with Crippen molar-refractivity contribution in [3.8, 4) is 0 Å². The maximum absolute atomic E-state index is 11.9. The van der Waals surface area contributed by atoms with Crippen LogP contribution in [0.25, 0.3) is 0 Å². The largest absolute Gasteiger partial charge is 0.352 e. The van der Waals surface area contributed by atoms with Crippen molar-refractivity contribution >= 4 is 35.8 Å². The Morgan fingerprint density at radius 1 is 1.17 bits per heavy atom. The van der Waals surface area contributed by atoms with Gasteiger partial charge in [0.1, 0.15) is 0 Å². The lowest BCUT2D eigenvalue weighted by Gasteiger charge is -2.30. The molecule has 1 aromatic rings. The van der Waals surface area contributed by atoms with E-state index in [-0.39, 0.29) is 42.0 Å². The van der Waals surface area contributed by atoms with Gasteiger partial charge in [-0.25, -0.2) is 0 Å². The van der Waals surface area contributed by atoms with Crippen LogP contribution in [0.3, 0.4) is 0 Å². The average Bonchev–Trinajstić information content (AvgIpc) is 2.62. The van der Waals surface area contributed by atoms with Crippen LogP contribution in [0.15, 0.2) is 29.3 Å². The topological polar surface area (TPSA) is 68.8 Å². The number of aliphatic imine (C=N–C) groups is 1. The third-order valence-electron chi connectivity index (χ3n) is 4.78. The van der Waals surface area contributed by atoms with E-state index in [1.165, 1.54) is 37.1 Å². The number of hydrogen-bond acceptors (Lipinski definition) is 3. The average molecular weight is 515 g/mol. The molecule has 0 spiro atoms. The Hall–Kier alpha value is -1.35. The van der Waals surface area contributed by atoms with E-state index < -0.39 is 0 Å². The van der Waals surface area contributed by atoms with E-state index >= 15 is 0 Å². The van der Waals surface area contributed by atoms with Gasteiger partial charge in [-0.2, -0.15) is 0 Å².